The summed E-state index contributed by atoms with van der Waals surface area (Å²) in [5.74, 6) is -2.62. The molecule has 0 bridgehead atoms. The van der Waals surface area contributed by atoms with E-state index in [4.69, 9.17) is 4.74 Å². The molecule has 366 valence electrons. The van der Waals surface area contributed by atoms with Crippen molar-refractivity contribution in [2.45, 2.75) is 123 Å². The SMILES string of the molecule is Cc1ncsc1-c1ccc(CNC(=O)[C@@H]2C[C@@H](O)CN2C(=O)[C@@H](NC(=O)CN(C)CCCCCOc2cc(F)c([C@@H]3c4[nH]c5ccccc5c4C[C@@H](C)N3CC(C)(C)F)c(F)c2)C(C)(C)C)cc1. The van der Waals surface area contributed by atoms with E-state index in [0.717, 1.165) is 38.2 Å². The number of halogens is 3. The predicted octanol–water partition coefficient (Wildman–Crippen LogP) is 8.25. The van der Waals surface area contributed by atoms with Gasteiger partial charge >= 0.3 is 0 Å². The second-order valence-corrected chi connectivity index (χ2v) is 21.2. The number of para-hydroxylation sites is 1. The first-order chi connectivity index (χ1) is 32.2. The number of carbonyl (C=O) groups excluding carboxylic acids is 3. The van der Waals surface area contributed by atoms with Gasteiger partial charge in [0.2, 0.25) is 17.7 Å². The first-order valence-corrected chi connectivity index (χ1v) is 24.5. The summed E-state index contributed by atoms with van der Waals surface area (Å²) in [5, 5.41) is 17.5. The zero-order chi connectivity index (χ0) is 49.1. The summed E-state index contributed by atoms with van der Waals surface area (Å²) in [7, 11) is 1.81. The van der Waals surface area contributed by atoms with Crippen molar-refractivity contribution in [3.8, 4) is 16.2 Å². The van der Waals surface area contributed by atoms with Crippen molar-refractivity contribution in [3.05, 3.63) is 106 Å². The van der Waals surface area contributed by atoms with Crippen molar-refractivity contribution >= 4 is 40.0 Å². The maximum absolute atomic E-state index is 16.1. The van der Waals surface area contributed by atoms with E-state index in [1.165, 1.54) is 30.9 Å². The summed E-state index contributed by atoms with van der Waals surface area (Å²) in [6.07, 6.45) is 1.84. The van der Waals surface area contributed by atoms with Crippen LogP contribution >= 0.6 is 11.3 Å². The largest absolute Gasteiger partial charge is 0.493 e. The molecule has 7 rings (SSSR count). The van der Waals surface area contributed by atoms with Crippen molar-refractivity contribution in [2.75, 3.05) is 39.8 Å². The standard InChI is InChI=1S/C52H66F3N7O5S/c1-31-22-38-37-14-10-11-15-41(37)58-45(38)46(62(31)29-52(6,7)55)44-39(53)24-36(25-40(44)54)67-21-13-9-12-20-60(8)28-43(64)59-48(51(3,4)5)50(66)61-27-35(63)23-42(61)49(65)56-26-33-16-18-34(19-17-33)47-32(2)57-30-68-47/h10-11,14-19,24-25,30-31,35,42,46,48,58,63H,9,12-13,20-23,26-29H2,1-8H3,(H,56,65)(H,59,64)/t31-,35-,42+,46-,48-/m1/s1. The predicted molar refractivity (Wildman–Crippen MR) is 260 cm³/mol. The molecule has 0 unspecified atom stereocenters. The molecule has 12 nitrogen and oxygen atoms in total. The van der Waals surface area contributed by atoms with Gasteiger partial charge in [0.25, 0.3) is 0 Å². The molecule has 0 aliphatic carbocycles. The van der Waals surface area contributed by atoms with Crippen molar-refractivity contribution in [2.24, 2.45) is 5.41 Å². The number of ether oxygens (including phenoxy) is 1. The van der Waals surface area contributed by atoms with Crippen molar-refractivity contribution in [3.63, 3.8) is 0 Å². The Bertz CT molecular complexity index is 2550. The molecule has 3 aromatic carbocycles. The van der Waals surface area contributed by atoms with E-state index in [2.05, 4.69) is 20.6 Å². The number of hydrogen-bond acceptors (Lipinski definition) is 9. The van der Waals surface area contributed by atoms with E-state index in [0.29, 0.717) is 37.9 Å². The fraction of sp³-hybridized carbons (Fsp3) is 0.500. The van der Waals surface area contributed by atoms with Crippen LogP contribution in [0.25, 0.3) is 21.3 Å². The summed E-state index contributed by atoms with van der Waals surface area (Å²) >= 11 is 1.57. The molecule has 68 heavy (non-hydrogen) atoms. The number of unbranched alkanes of at least 4 members (excludes halogenated alkanes) is 2. The van der Waals surface area contributed by atoms with Gasteiger partial charge in [0.05, 0.1) is 41.4 Å². The molecular weight excluding hydrogens is 892 g/mol. The average Bonchev–Trinajstić information content (AvgIpc) is 3.99. The molecule has 0 spiro atoms. The number of β-amino-alcohol motifs (C(OH)–C–C–N with tert-alkyl or cyclic N) is 1. The molecular formula is C52H66F3N7O5S. The molecule has 5 aromatic rings. The lowest BCUT2D eigenvalue weighted by molar-refractivity contribution is -0.144. The van der Waals surface area contributed by atoms with Gasteiger partial charge in [-0.1, -0.05) is 63.2 Å². The molecule has 0 saturated carbocycles. The quantitative estimate of drug-likeness (QED) is 0.0644. The normalized spacial score (nSPS) is 19.3. The number of aromatic amines is 1. The Balaban J connectivity index is 0.880. The van der Waals surface area contributed by atoms with Gasteiger partial charge in [-0.25, -0.2) is 18.2 Å². The van der Waals surface area contributed by atoms with E-state index in [1.54, 1.807) is 11.3 Å². The minimum Gasteiger partial charge on any atom is -0.493 e. The van der Waals surface area contributed by atoms with E-state index in [1.807, 2.05) is 106 Å². The molecule has 16 heteroatoms. The highest BCUT2D eigenvalue weighted by Crippen LogP contribution is 2.44. The van der Waals surface area contributed by atoms with Gasteiger partial charge in [0, 0.05) is 66.4 Å². The summed E-state index contributed by atoms with van der Waals surface area (Å²) in [4.78, 5) is 54.9. The number of rotatable bonds is 18. The van der Waals surface area contributed by atoms with Gasteiger partial charge in [0.15, 0.2) is 0 Å². The number of alkyl halides is 1. The Hall–Kier alpha value is -5.29. The molecule has 1 fully saturated rings. The minimum absolute atomic E-state index is 0.0127. The molecule has 2 aliphatic heterocycles. The molecule has 0 radical (unpaired) electrons. The summed E-state index contributed by atoms with van der Waals surface area (Å²) in [6, 6.07) is 15.1. The molecule has 2 aliphatic rings. The summed E-state index contributed by atoms with van der Waals surface area (Å²) < 4.78 is 53.3. The Morgan fingerprint density at radius 2 is 1.74 bits per heavy atom. The highest BCUT2D eigenvalue weighted by molar-refractivity contribution is 7.13. The van der Waals surface area contributed by atoms with Gasteiger partial charge in [-0.05, 0) is 95.1 Å². The van der Waals surface area contributed by atoms with Gasteiger partial charge in [-0.2, -0.15) is 0 Å². The summed E-state index contributed by atoms with van der Waals surface area (Å²) in [6.45, 7) is 13.4. The number of nitrogens with zero attached hydrogens (tertiary/aromatic N) is 4. The minimum atomic E-state index is -1.60. The highest BCUT2D eigenvalue weighted by atomic mass is 32.1. The van der Waals surface area contributed by atoms with Crippen LogP contribution in [-0.4, -0.2) is 117 Å². The molecule has 5 atom stereocenters. The number of amides is 3. The second-order valence-electron chi connectivity index (χ2n) is 20.3. The van der Waals surface area contributed by atoms with E-state index in [-0.39, 0.29) is 68.4 Å². The maximum atomic E-state index is 16.1. The third-order valence-electron chi connectivity index (χ3n) is 13.0. The van der Waals surface area contributed by atoms with E-state index < -0.39 is 52.9 Å². The lowest BCUT2D eigenvalue weighted by Crippen LogP contribution is -2.58. The van der Waals surface area contributed by atoms with Crippen molar-refractivity contribution in [1.82, 2.24) is 35.3 Å². The fourth-order valence-corrected chi connectivity index (χ4v) is 10.4. The number of likely N-dealkylation sites (N-methyl/N-ethyl adjacent to an activating group) is 1. The number of H-pyrrole nitrogens is 1. The number of fused-ring (bicyclic) bond motifs is 3. The third-order valence-corrected chi connectivity index (χ3v) is 14.0. The van der Waals surface area contributed by atoms with E-state index in [9.17, 15) is 19.5 Å². The van der Waals surface area contributed by atoms with Gasteiger partial charge < -0.3 is 30.4 Å². The Labute approximate surface area is 401 Å². The lowest BCUT2D eigenvalue weighted by Gasteiger charge is -2.43. The number of benzene rings is 3. The van der Waals surface area contributed by atoms with Crippen LogP contribution in [0, 0.1) is 24.0 Å². The second kappa shape index (κ2) is 21.1. The molecule has 3 amide bonds. The van der Waals surface area contributed by atoms with Crippen molar-refractivity contribution < 1.29 is 37.4 Å². The Morgan fingerprint density at radius 1 is 1.03 bits per heavy atom. The first kappa shape index (κ1) is 50.6. The van der Waals surface area contributed by atoms with Crippen LogP contribution in [-0.2, 0) is 27.3 Å². The number of hydrogen-bond donors (Lipinski definition) is 4. The Kier molecular flexibility index (Phi) is 15.7. The zero-order valence-corrected chi connectivity index (χ0v) is 41.2. The molecule has 4 N–H and O–H groups in total. The van der Waals surface area contributed by atoms with Crippen molar-refractivity contribution in [1.29, 1.82) is 0 Å². The number of aryl methyl sites for hydroxylation is 1. The van der Waals surface area contributed by atoms with Crippen LogP contribution in [0.4, 0.5) is 13.2 Å². The van der Waals surface area contributed by atoms with Crippen LogP contribution in [0.5, 0.6) is 5.75 Å². The van der Waals surface area contributed by atoms with E-state index >= 15 is 13.2 Å². The third kappa shape index (κ3) is 11.9. The first-order valence-electron chi connectivity index (χ1n) is 23.6. The number of thiazole rings is 1. The van der Waals surface area contributed by atoms with Crippen LogP contribution in [0.1, 0.15) is 101 Å². The summed E-state index contributed by atoms with van der Waals surface area (Å²) in [5.41, 5.74) is 4.75. The Morgan fingerprint density at radius 3 is 2.40 bits per heavy atom. The number of likely N-dealkylation sites (tertiary alicyclic amines) is 1. The zero-order valence-electron chi connectivity index (χ0n) is 40.4. The maximum Gasteiger partial charge on any atom is 0.246 e. The number of aromatic nitrogens is 2. The van der Waals surface area contributed by atoms with Crippen LogP contribution in [0.2, 0.25) is 0 Å². The average molecular weight is 958 g/mol. The number of aliphatic hydroxyl groups is 1. The van der Waals surface area contributed by atoms with Gasteiger partial charge in [-0.15, -0.1) is 11.3 Å². The number of carbonyl (C=O) groups is 3. The molecule has 4 heterocycles. The monoisotopic (exact) mass is 957 g/mol. The molecule has 2 aromatic heterocycles. The smallest absolute Gasteiger partial charge is 0.246 e. The molecule has 1 saturated heterocycles. The number of aliphatic hydroxyl groups excluding tert-OH is 1. The van der Waals surface area contributed by atoms with Crippen LogP contribution < -0.4 is 15.4 Å². The fourth-order valence-electron chi connectivity index (χ4n) is 9.57. The lowest BCUT2D eigenvalue weighted by atomic mass is 9.85. The topological polar surface area (TPSA) is 143 Å². The van der Waals surface area contributed by atoms with Gasteiger partial charge in [-0.3, -0.25) is 24.2 Å². The van der Waals surface area contributed by atoms with Gasteiger partial charge in [0.1, 0.15) is 35.1 Å². The highest BCUT2D eigenvalue weighted by Gasteiger charge is 2.45. The van der Waals surface area contributed by atoms with Crippen LogP contribution in [0.15, 0.2) is 66.2 Å². The number of nitrogens with one attached hydrogen (secondary N) is 3. The van der Waals surface area contributed by atoms with Crippen LogP contribution in [0.3, 0.4) is 0 Å².